The average Bonchev–Trinajstić information content (AvgIpc) is 2.50. The molecular formula is C14H21N5O2. The molecule has 1 aromatic rings. The van der Waals surface area contributed by atoms with Gasteiger partial charge >= 0.3 is 6.03 Å². The largest absolute Gasteiger partial charge is 0.397 e. The summed E-state index contributed by atoms with van der Waals surface area (Å²) in [4.78, 5) is 31.5. The lowest BCUT2D eigenvalue weighted by Crippen LogP contribution is -2.53. The molecule has 1 saturated heterocycles. The van der Waals surface area contributed by atoms with E-state index < -0.39 is 0 Å². The number of carbonyl (C=O) groups is 2. The molecular weight excluding hydrogens is 270 g/mol. The van der Waals surface area contributed by atoms with Gasteiger partial charge in [0.05, 0.1) is 18.3 Å². The van der Waals surface area contributed by atoms with Crippen LogP contribution in [0.2, 0.25) is 0 Å². The zero-order valence-corrected chi connectivity index (χ0v) is 12.2. The first-order chi connectivity index (χ1) is 10.1. The zero-order chi connectivity index (χ0) is 15.2. The van der Waals surface area contributed by atoms with Crippen molar-refractivity contribution in [3.05, 3.63) is 24.0 Å². The van der Waals surface area contributed by atoms with Gasteiger partial charge in [-0.05, 0) is 19.1 Å². The van der Waals surface area contributed by atoms with Crippen LogP contribution in [-0.4, -0.2) is 59.4 Å². The van der Waals surface area contributed by atoms with Crippen LogP contribution in [0.1, 0.15) is 12.6 Å². The lowest BCUT2D eigenvalue weighted by atomic mass is 10.2. The Morgan fingerprint density at radius 3 is 2.48 bits per heavy atom. The smallest absolute Gasteiger partial charge is 0.317 e. The van der Waals surface area contributed by atoms with Gasteiger partial charge in [-0.1, -0.05) is 0 Å². The summed E-state index contributed by atoms with van der Waals surface area (Å²) in [6.45, 7) is 4.74. The third-order valence-corrected chi connectivity index (χ3v) is 3.43. The number of nitrogen functional groups attached to an aromatic ring is 1. The summed E-state index contributed by atoms with van der Waals surface area (Å²) in [6.07, 6.45) is 1.82. The van der Waals surface area contributed by atoms with Crippen molar-refractivity contribution in [2.45, 2.75) is 13.3 Å². The lowest BCUT2D eigenvalue weighted by Gasteiger charge is -2.34. The van der Waals surface area contributed by atoms with Crippen LogP contribution >= 0.6 is 0 Å². The van der Waals surface area contributed by atoms with E-state index in [4.69, 9.17) is 5.73 Å². The molecule has 0 spiro atoms. The van der Waals surface area contributed by atoms with E-state index >= 15 is 0 Å². The van der Waals surface area contributed by atoms with Gasteiger partial charge in [0, 0.05) is 38.4 Å². The molecule has 3 N–H and O–H groups in total. The molecule has 21 heavy (non-hydrogen) atoms. The number of nitrogens with zero attached hydrogens (tertiary/aromatic N) is 3. The van der Waals surface area contributed by atoms with E-state index in [1.807, 2.05) is 6.92 Å². The van der Waals surface area contributed by atoms with Crippen molar-refractivity contribution >= 4 is 17.6 Å². The highest BCUT2D eigenvalue weighted by Gasteiger charge is 2.23. The van der Waals surface area contributed by atoms with E-state index in [9.17, 15) is 9.59 Å². The van der Waals surface area contributed by atoms with Crippen molar-refractivity contribution in [1.29, 1.82) is 0 Å². The molecule has 7 nitrogen and oxygen atoms in total. The predicted molar refractivity (Wildman–Crippen MR) is 79.6 cm³/mol. The number of anilines is 1. The summed E-state index contributed by atoms with van der Waals surface area (Å²) >= 11 is 0. The van der Waals surface area contributed by atoms with Gasteiger partial charge in [-0.25, -0.2) is 4.79 Å². The molecule has 0 saturated carbocycles. The van der Waals surface area contributed by atoms with E-state index in [1.165, 1.54) is 0 Å². The first-order valence-electron chi connectivity index (χ1n) is 7.11. The Balaban J connectivity index is 1.83. The number of carbonyl (C=O) groups excluding carboxylic acids is 2. The molecule has 7 heteroatoms. The quantitative estimate of drug-likeness (QED) is 0.825. The number of urea groups is 1. The summed E-state index contributed by atoms with van der Waals surface area (Å²) < 4.78 is 0. The van der Waals surface area contributed by atoms with Gasteiger partial charge in [0.1, 0.15) is 0 Å². The predicted octanol–water partition coefficient (Wildman–Crippen LogP) is 0.0800. The summed E-state index contributed by atoms with van der Waals surface area (Å²) in [5.41, 5.74) is 6.86. The number of amides is 3. The monoisotopic (exact) mass is 291 g/mol. The molecule has 2 heterocycles. The highest BCUT2D eigenvalue weighted by molar-refractivity contribution is 5.79. The molecule has 3 amide bonds. The summed E-state index contributed by atoms with van der Waals surface area (Å²) in [6, 6.07) is 3.44. The maximum absolute atomic E-state index is 12.2. The normalized spacial score (nSPS) is 14.9. The Kier molecular flexibility index (Phi) is 4.97. The summed E-state index contributed by atoms with van der Waals surface area (Å²) in [5.74, 6) is 0.0304. The number of nitrogens with one attached hydrogen (secondary N) is 1. The van der Waals surface area contributed by atoms with Gasteiger partial charge in [-0.15, -0.1) is 0 Å². The standard InChI is InChI=1S/C14H21N5O2/c1-2-16-14(21)19-7-5-18(6-8-19)13(20)9-12-4-3-11(15)10-17-12/h3-4,10H,2,5-9,15H2,1H3,(H,16,21). The number of rotatable bonds is 3. The highest BCUT2D eigenvalue weighted by Crippen LogP contribution is 2.07. The van der Waals surface area contributed by atoms with E-state index in [2.05, 4.69) is 10.3 Å². The third kappa shape index (κ3) is 4.08. The van der Waals surface area contributed by atoms with E-state index in [0.717, 1.165) is 0 Å². The zero-order valence-electron chi connectivity index (χ0n) is 12.2. The first kappa shape index (κ1) is 15.1. The van der Waals surface area contributed by atoms with Crippen LogP contribution in [0, 0.1) is 0 Å². The van der Waals surface area contributed by atoms with Gasteiger partial charge in [0.15, 0.2) is 0 Å². The first-order valence-corrected chi connectivity index (χ1v) is 7.11. The number of hydrogen-bond donors (Lipinski definition) is 2. The molecule has 0 unspecified atom stereocenters. The number of hydrogen-bond acceptors (Lipinski definition) is 4. The highest BCUT2D eigenvalue weighted by atomic mass is 16.2. The van der Waals surface area contributed by atoms with Crippen LogP contribution in [0.5, 0.6) is 0 Å². The van der Waals surface area contributed by atoms with Crippen molar-refractivity contribution in [1.82, 2.24) is 20.1 Å². The molecule has 1 fully saturated rings. The number of pyridine rings is 1. The average molecular weight is 291 g/mol. The number of nitrogens with two attached hydrogens (primary N) is 1. The minimum Gasteiger partial charge on any atom is -0.397 e. The second-order valence-corrected chi connectivity index (χ2v) is 4.96. The fraction of sp³-hybridized carbons (Fsp3) is 0.500. The molecule has 1 aliphatic heterocycles. The SMILES string of the molecule is CCNC(=O)N1CCN(C(=O)Cc2ccc(N)cn2)CC1. The Morgan fingerprint density at radius 2 is 1.90 bits per heavy atom. The number of aromatic nitrogens is 1. The Labute approximate surface area is 124 Å². The molecule has 1 aliphatic rings. The third-order valence-electron chi connectivity index (χ3n) is 3.43. The minimum absolute atomic E-state index is 0.0304. The van der Waals surface area contributed by atoms with E-state index in [-0.39, 0.29) is 18.4 Å². The Hall–Kier alpha value is -2.31. The van der Waals surface area contributed by atoms with Crippen LogP contribution in [0.25, 0.3) is 0 Å². The van der Waals surface area contributed by atoms with Gasteiger partial charge < -0.3 is 20.9 Å². The van der Waals surface area contributed by atoms with Gasteiger partial charge in [0.25, 0.3) is 0 Å². The molecule has 1 aromatic heterocycles. The maximum Gasteiger partial charge on any atom is 0.317 e. The molecule has 114 valence electrons. The van der Waals surface area contributed by atoms with E-state index in [1.54, 1.807) is 28.1 Å². The summed E-state index contributed by atoms with van der Waals surface area (Å²) in [5, 5.41) is 2.77. The van der Waals surface area contributed by atoms with Crippen molar-refractivity contribution in [3.8, 4) is 0 Å². The van der Waals surface area contributed by atoms with Crippen LogP contribution < -0.4 is 11.1 Å². The topological polar surface area (TPSA) is 91.6 Å². The van der Waals surface area contributed by atoms with Crippen LogP contribution in [-0.2, 0) is 11.2 Å². The van der Waals surface area contributed by atoms with Crippen molar-refractivity contribution in [2.75, 3.05) is 38.5 Å². The fourth-order valence-corrected chi connectivity index (χ4v) is 2.23. The molecule has 0 atom stereocenters. The molecule has 0 radical (unpaired) electrons. The fourth-order valence-electron chi connectivity index (χ4n) is 2.23. The van der Waals surface area contributed by atoms with Gasteiger partial charge in [0.2, 0.25) is 5.91 Å². The second kappa shape index (κ2) is 6.92. The van der Waals surface area contributed by atoms with Gasteiger partial charge in [-0.2, -0.15) is 0 Å². The molecule has 0 aliphatic carbocycles. The maximum atomic E-state index is 12.2. The van der Waals surface area contributed by atoms with E-state index in [0.29, 0.717) is 44.1 Å². The molecule has 2 rings (SSSR count). The molecule has 0 aromatic carbocycles. The van der Waals surface area contributed by atoms with Crippen molar-refractivity contribution in [3.63, 3.8) is 0 Å². The number of piperazine rings is 1. The lowest BCUT2D eigenvalue weighted by molar-refractivity contribution is -0.131. The minimum atomic E-state index is -0.0650. The summed E-state index contributed by atoms with van der Waals surface area (Å²) in [7, 11) is 0. The van der Waals surface area contributed by atoms with Crippen LogP contribution in [0.3, 0.4) is 0 Å². The Bertz CT molecular complexity index is 495. The second-order valence-electron chi connectivity index (χ2n) is 4.96. The Morgan fingerprint density at radius 1 is 1.24 bits per heavy atom. The van der Waals surface area contributed by atoms with Crippen molar-refractivity contribution in [2.24, 2.45) is 0 Å². The van der Waals surface area contributed by atoms with Crippen LogP contribution in [0.15, 0.2) is 18.3 Å². The van der Waals surface area contributed by atoms with Crippen LogP contribution in [0.4, 0.5) is 10.5 Å². The van der Waals surface area contributed by atoms with Crippen molar-refractivity contribution < 1.29 is 9.59 Å². The molecule has 0 bridgehead atoms. The van der Waals surface area contributed by atoms with Gasteiger partial charge in [-0.3, -0.25) is 9.78 Å².